The first-order valence-electron chi connectivity index (χ1n) is 5.31. The summed E-state index contributed by atoms with van der Waals surface area (Å²) in [5, 5.41) is 0. The van der Waals surface area contributed by atoms with Crippen LogP contribution in [-0.4, -0.2) is 50.0 Å². The highest BCUT2D eigenvalue weighted by atomic mass is 32.2. The molecule has 0 aromatic carbocycles. The molecule has 8 nitrogen and oxygen atoms in total. The van der Waals surface area contributed by atoms with E-state index >= 15 is 0 Å². The first-order chi connectivity index (χ1) is 8.36. The van der Waals surface area contributed by atoms with Crippen LogP contribution in [0, 0.1) is 0 Å². The van der Waals surface area contributed by atoms with E-state index in [1.54, 1.807) is 0 Å². The monoisotopic (exact) mass is 274 g/mol. The number of hydrogen-bond acceptors (Lipinski definition) is 7. The van der Waals surface area contributed by atoms with Crippen molar-refractivity contribution in [3.05, 3.63) is 12.4 Å². The zero-order valence-electron chi connectivity index (χ0n) is 10.6. The molecule has 1 heterocycles. The SMILES string of the molecule is CC(CNS(=O)(=O)c1cnc(NN)nc1)N(C)C. The van der Waals surface area contributed by atoms with Gasteiger partial charge in [-0.05, 0) is 21.0 Å². The number of likely N-dealkylation sites (N-methyl/N-ethyl adjacent to an activating group) is 1. The number of nitrogens with two attached hydrogens (primary N) is 1. The van der Waals surface area contributed by atoms with Crippen LogP contribution in [0.25, 0.3) is 0 Å². The molecule has 0 aliphatic carbocycles. The summed E-state index contributed by atoms with van der Waals surface area (Å²) in [5.74, 6) is 5.26. The second-order valence-corrected chi connectivity index (χ2v) is 5.82. The number of hydrogen-bond donors (Lipinski definition) is 3. The molecule has 102 valence electrons. The summed E-state index contributed by atoms with van der Waals surface area (Å²) in [6.07, 6.45) is 2.40. The second-order valence-electron chi connectivity index (χ2n) is 4.05. The summed E-state index contributed by atoms with van der Waals surface area (Å²) in [6, 6.07) is 0.0886. The molecule has 0 bridgehead atoms. The van der Waals surface area contributed by atoms with Gasteiger partial charge in [-0.2, -0.15) is 0 Å². The quantitative estimate of drug-likeness (QED) is 0.450. The summed E-state index contributed by atoms with van der Waals surface area (Å²) in [4.78, 5) is 9.42. The molecule has 1 atom stereocenters. The Bertz CT molecular complexity index is 472. The fourth-order valence-corrected chi connectivity index (χ4v) is 2.04. The maximum atomic E-state index is 11.9. The number of nitrogens with one attached hydrogen (secondary N) is 2. The highest BCUT2D eigenvalue weighted by Gasteiger charge is 2.16. The number of rotatable bonds is 6. The lowest BCUT2D eigenvalue weighted by atomic mass is 10.3. The highest BCUT2D eigenvalue weighted by molar-refractivity contribution is 7.89. The van der Waals surface area contributed by atoms with Crippen LogP contribution in [-0.2, 0) is 10.0 Å². The van der Waals surface area contributed by atoms with Gasteiger partial charge in [-0.1, -0.05) is 0 Å². The third-order valence-electron chi connectivity index (χ3n) is 2.52. The van der Waals surface area contributed by atoms with Crippen molar-refractivity contribution in [3.8, 4) is 0 Å². The smallest absolute Gasteiger partial charge is 0.243 e. The van der Waals surface area contributed by atoms with Gasteiger partial charge < -0.3 is 4.90 Å². The Kier molecular flexibility index (Phi) is 4.96. The first-order valence-corrected chi connectivity index (χ1v) is 6.80. The predicted molar refractivity (Wildman–Crippen MR) is 68.2 cm³/mol. The minimum Gasteiger partial charge on any atom is -0.305 e. The summed E-state index contributed by atoms with van der Waals surface area (Å²) in [6.45, 7) is 2.23. The van der Waals surface area contributed by atoms with Crippen LogP contribution in [0.15, 0.2) is 17.3 Å². The maximum Gasteiger partial charge on any atom is 0.243 e. The van der Waals surface area contributed by atoms with Crippen LogP contribution < -0.4 is 16.0 Å². The van der Waals surface area contributed by atoms with Gasteiger partial charge in [0.1, 0.15) is 4.90 Å². The van der Waals surface area contributed by atoms with Crippen molar-refractivity contribution < 1.29 is 8.42 Å². The van der Waals surface area contributed by atoms with Crippen molar-refractivity contribution in [1.82, 2.24) is 19.6 Å². The summed E-state index contributed by atoms with van der Waals surface area (Å²) in [5.41, 5.74) is 2.23. The fourth-order valence-electron chi connectivity index (χ4n) is 1.03. The molecular formula is C9H18N6O2S. The lowest BCUT2D eigenvalue weighted by Crippen LogP contribution is -2.38. The molecule has 0 saturated carbocycles. The Morgan fingerprint density at radius 3 is 2.39 bits per heavy atom. The second kappa shape index (κ2) is 6.05. The molecule has 0 spiro atoms. The average Bonchev–Trinajstić information content (AvgIpc) is 2.36. The van der Waals surface area contributed by atoms with Gasteiger partial charge in [0.15, 0.2) is 0 Å². The maximum absolute atomic E-state index is 11.9. The number of anilines is 1. The van der Waals surface area contributed by atoms with Gasteiger partial charge in [-0.3, -0.25) is 5.43 Å². The van der Waals surface area contributed by atoms with Crippen molar-refractivity contribution in [2.24, 2.45) is 5.84 Å². The molecule has 1 unspecified atom stereocenters. The highest BCUT2D eigenvalue weighted by Crippen LogP contribution is 2.06. The molecule has 18 heavy (non-hydrogen) atoms. The summed E-state index contributed by atoms with van der Waals surface area (Å²) >= 11 is 0. The van der Waals surface area contributed by atoms with E-state index in [0.29, 0.717) is 6.54 Å². The van der Waals surface area contributed by atoms with Crippen LogP contribution in [0.1, 0.15) is 6.92 Å². The van der Waals surface area contributed by atoms with E-state index in [2.05, 4.69) is 20.1 Å². The van der Waals surface area contributed by atoms with E-state index < -0.39 is 10.0 Å². The number of nitrogens with zero attached hydrogens (tertiary/aromatic N) is 3. The summed E-state index contributed by atoms with van der Waals surface area (Å²) in [7, 11) is 0.173. The molecule has 0 amide bonds. The van der Waals surface area contributed by atoms with E-state index in [4.69, 9.17) is 5.84 Å². The molecule has 1 rings (SSSR count). The Balaban J connectivity index is 2.73. The predicted octanol–water partition coefficient (Wildman–Crippen LogP) is -1.01. The van der Waals surface area contributed by atoms with Gasteiger partial charge in [0.25, 0.3) is 0 Å². The zero-order valence-corrected chi connectivity index (χ0v) is 11.4. The Morgan fingerprint density at radius 1 is 1.39 bits per heavy atom. The van der Waals surface area contributed by atoms with Crippen molar-refractivity contribution >= 4 is 16.0 Å². The lowest BCUT2D eigenvalue weighted by Gasteiger charge is -2.19. The van der Waals surface area contributed by atoms with Crippen molar-refractivity contribution in [1.29, 1.82) is 0 Å². The van der Waals surface area contributed by atoms with Gasteiger partial charge in [-0.25, -0.2) is 29.0 Å². The molecule has 0 aliphatic rings. The minimum absolute atomic E-state index is 0.00690. The van der Waals surface area contributed by atoms with Crippen LogP contribution in [0.4, 0.5) is 5.95 Å². The Hall–Kier alpha value is -1.29. The molecule has 4 N–H and O–H groups in total. The Labute approximate surface area is 107 Å². The molecule has 0 saturated heterocycles. The zero-order chi connectivity index (χ0) is 13.8. The van der Waals surface area contributed by atoms with Crippen LogP contribution in [0.3, 0.4) is 0 Å². The van der Waals surface area contributed by atoms with Crippen molar-refractivity contribution in [2.75, 3.05) is 26.1 Å². The third-order valence-corrected chi connectivity index (χ3v) is 3.90. The molecule has 0 fully saturated rings. The fraction of sp³-hybridized carbons (Fsp3) is 0.556. The average molecular weight is 274 g/mol. The number of aromatic nitrogens is 2. The van der Waals surface area contributed by atoms with Crippen LogP contribution in [0.2, 0.25) is 0 Å². The van der Waals surface area contributed by atoms with Crippen LogP contribution >= 0.6 is 0 Å². The van der Waals surface area contributed by atoms with Gasteiger partial charge >= 0.3 is 0 Å². The molecule has 0 radical (unpaired) electrons. The van der Waals surface area contributed by atoms with E-state index in [1.165, 1.54) is 12.4 Å². The minimum atomic E-state index is -3.58. The third kappa shape index (κ3) is 3.88. The topological polar surface area (TPSA) is 113 Å². The van der Waals surface area contributed by atoms with E-state index in [0.717, 1.165) is 0 Å². The molecule has 1 aromatic rings. The lowest BCUT2D eigenvalue weighted by molar-refractivity contribution is 0.314. The molecular weight excluding hydrogens is 256 g/mol. The number of nitrogen functional groups attached to an aromatic ring is 1. The number of sulfonamides is 1. The summed E-state index contributed by atoms with van der Waals surface area (Å²) < 4.78 is 26.3. The molecule has 0 aliphatic heterocycles. The van der Waals surface area contributed by atoms with Crippen molar-refractivity contribution in [3.63, 3.8) is 0 Å². The van der Waals surface area contributed by atoms with Crippen molar-refractivity contribution in [2.45, 2.75) is 17.9 Å². The van der Waals surface area contributed by atoms with Gasteiger partial charge in [0.2, 0.25) is 16.0 Å². The van der Waals surface area contributed by atoms with E-state index in [-0.39, 0.29) is 16.9 Å². The van der Waals surface area contributed by atoms with E-state index in [9.17, 15) is 8.42 Å². The van der Waals surface area contributed by atoms with Gasteiger partial charge in [0.05, 0.1) is 12.4 Å². The van der Waals surface area contributed by atoms with Gasteiger partial charge in [-0.15, -0.1) is 0 Å². The van der Waals surface area contributed by atoms with E-state index in [1.807, 2.05) is 25.9 Å². The van der Waals surface area contributed by atoms with Gasteiger partial charge in [0, 0.05) is 12.6 Å². The Morgan fingerprint density at radius 2 is 1.94 bits per heavy atom. The normalized spacial score (nSPS) is 13.6. The molecule has 9 heteroatoms. The van der Waals surface area contributed by atoms with Crippen LogP contribution in [0.5, 0.6) is 0 Å². The largest absolute Gasteiger partial charge is 0.305 e. The first kappa shape index (κ1) is 14.8. The molecule has 1 aromatic heterocycles. The number of hydrazine groups is 1. The standard InChI is InChI=1S/C9H18N6O2S/c1-7(15(2)3)4-13-18(16,17)8-5-11-9(14-10)12-6-8/h5-7,13H,4,10H2,1-3H3,(H,11,12,14).